The summed E-state index contributed by atoms with van der Waals surface area (Å²) in [5, 5.41) is 3.42. The monoisotopic (exact) mass is 308 g/mol. The van der Waals surface area contributed by atoms with Crippen molar-refractivity contribution in [2.24, 2.45) is 5.92 Å². The smallest absolute Gasteiger partial charge is 0.123 e. The first-order valence-electron chi connectivity index (χ1n) is 7.09. The van der Waals surface area contributed by atoms with E-state index in [-0.39, 0.29) is 5.82 Å². The van der Waals surface area contributed by atoms with Gasteiger partial charge in [-0.3, -0.25) is 4.98 Å². The fourth-order valence-electron chi connectivity index (χ4n) is 2.28. The van der Waals surface area contributed by atoms with Gasteiger partial charge < -0.3 is 10.1 Å². The number of rotatable bonds is 9. The van der Waals surface area contributed by atoms with E-state index in [0.29, 0.717) is 12.5 Å². The number of ether oxygens (including phenoxy) is 1. The lowest BCUT2D eigenvalue weighted by Gasteiger charge is -2.17. The molecule has 0 saturated heterocycles. The van der Waals surface area contributed by atoms with Crippen molar-refractivity contribution in [2.75, 3.05) is 26.8 Å². The van der Waals surface area contributed by atoms with Crippen molar-refractivity contribution in [2.45, 2.75) is 12.8 Å². The Balaban J connectivity index is 1.91. The van der Waals surface area contributed by atoms with Crippen LogP contribution in [0.15, 0.2) is 36.0 Å². The highest BCUT2D eigenvalue weighted by molar-refractivity contribution is 7.09. The zero-order valence-corrected chi connectivity index (χ0v) is 13.0. The van der Waals surface area contributed by atoms with Crippen LogP contribution in [0.3, 0.4) is 0 Å². The molecule has 0 aliphatic heterocycles. The van der Waals surface area contributed by atoms with E-state index in [0.717, 1.165) is 25.9 Å². The zero-order chi connectivity index (χ0) is 14.9. The van der Waals surface area contributed by atoms with Gasteiger partial charge in [0.2, 0.25) is 0 Å². The summed E-state index contributed by atoms with van der Waals surface area (Å²) in [6.45, 7) is 2.47. The number of nitrogens with one attached hydrogen (secondary N) is 1. The standard InChI is InChI=1S/C16H21FN2OS/c1-20-7-6-18-10-14(9-16-11-19-12-21-16)8-13-2-4-15(17)5-3-13/h2-5,11-12,14,18H,6-10H2,1H3. The second kappa shape index (κ2) is 8.87. The van der Waals surface area contributed by atoms with Crippen LogP contribution in [0.1, 0.15) is 10.4 Å². The summed E-state index contributed by atoms with van der Waals surface area (Å²) in [5.74, 6) is 0.281. The van der Waals surface area contributed by atoms with Crippen molar-refractivity contribution < 1.29 is 9.13 Å². The van der Waals surface area contributed by atoms with Crippen LogP contribution in [0.2, 0.25) is 0 Å². The van der Waals surface area contributed by atoms with Gasteiger partial charge in [0, 0.05) is 24.7 Å². The SMILES string of the molecule is COCCNCC(Cc1ccc(F)cc1)Cc1cncs1. The van der Waals surface area contributed by atoms with Gasteiger partial charge in [0.25, 0.3) is 0 Å². The number of hydrogen-bond donors (Lipinski definition) is 1. The summed E-state index contributed by atoms with van der Waals surface area (Å²) in [4.78, 5) is 5.42. The van der Waals surface area contributed by atoms with Crippen molar-refractivity contribution in [1.82, 2.24) is 10.3 Å². The summed E-state index contributed by atoms with van der Waals surface area (Å²) in [5.41, 5.74) is 3.03. The third-order valence-corrected chi connectivity index (χ3v) is 4.13. The van der Waals surface area contributed by atoms with E-state index >= 15 is 0 Å². The minimum atomic E-state index is -0.184. The van der Waals surface area contributed by atoms with Crippen LogP contribution < -0.4 is 5.32 Å². The molecular weight excluding hydrogens is 287 g/mol. The summed E-state index contributed by atoms with van der Waals surface area (Å²) in [6.07, 6.45) is 3.84. The van der Waals surface area contributed by atoms with Crippen molar-refractivity contribution in [1.29, 1.82) is 0 Å². The quantitative estimate of drug-likeness (QED) is 0.723. The summed E-state index contributed by atoms with van der Waals surface area (Å²) >= 11 is 1.68. The molecule has 2 aromatic rings. The lowest BCUT2D eigenvalue weighted by Crippen LogP contribution is -2.28. The van der Waals surface area contributed by atoms with Crippen molar-refractivity contribution in [3.8, 4) is 0 Å². The van der Waals surface area contributed by atoms with Crippen LogP contribution in [0, 0.1) is 11.7 Å². The Morgan fingerprint density at radius 2 is 2.10 bits per heavy atom. The molecule has 0 radical (unpaired) electrons. The molecule has 0 amide bonds. The highest BCUT2D eigenvalue weighted by atomic mass is 32.1. The van der Waals surface area contributed by atoms with Gasteiger partial charge in [-0.05, 0) is 43.0 Å². The van der Waals surface area contributed by atoms with Crippen molar-refractivity contribution in [3.05, 3.63) is 52.2 Å². The Morgan fingerprint density at radius 1 is 1.29 bits per heavy atom. The molecule has 21 heavy (non-hydrogen) atoms. The minimum absolute atomic E-state index is 0.184. The maximum Gasteiger partial charge on any atom is 0.123 e. The van der Waals surface area contributed by atoms with Crippen LogP contribution in [0.5, 0.6) is 0 Å². The first-order valence-corrected chi connectivity index (χ1v) is 7.97. The van der Waals surface area contributed by atoms with E-state index in [1.54, 1.807) is 18.4 Å². The number of aromatic nitrogens is 1. The van der Waals surface area contributed by atoms with Crippen LogP contribution in [0.25, 0.3) is 0 Å². The van der Waals surface area contributed by atoms with Gasteiger partial charge in [0.05, 0.1) is 12.1 Å². The van der Waals surface area contributed by atoms with Gasteiger partial charge in [-0.15, -0.1) is 11.3 Å². The van der Waals surface area contributed by atoms with Crippen molar-refractivity contribution in [3.63, 3.8) is 0 Å². The Bertz CT molecular complexity index is 502. The summed E-state index contributed by atoms with van der Waals surface area (Å²) in [7, 11) is 1.70. The number of methoxy groups -OCH3 is 1. The molecule has 0 aliphatic carbocycles. The normalized spacial score (nSPS) is 12.5. The molecule has 1 heterocycles. The van der Waals surface area contributed by atoms with Crippen LogP contribution in [-0.2, 0) is 17.6 Å². The second-order valence-corrected chi connectivity index (χ2v) is 6.04. The molecule has 2 rings (SSSR count). The molecular formula is C16H21FN2OS. The molecule has 0 saturated carbocycles. The molecule has 114 valence electrons. The summed E-state index contributed by atoms with van der Waals surface area (Å²) in [6, 6.07) is 6.78. The third-order valence-electron chi connectivity index (χ3n) is 3.33. The molecule has 0 aliphatic rings. The molecule has 0 spiro atoms. The van der Waals surface area contributed by atoms with Gasteiger partial charge in [0.1, 0.15) is 5.82 Å². The predicted molar refractivity (Wildman–Crippen MR) is 84.2 cm³/mol. The first kappa shape index (κ1) is 16.1. The van der Waals surface area contributed by atoms with Gasteiger partial charge in [0.15, 0.2) is 0 Å². The lowest BCUT2D eigenvalue weighted by molar-refractivity contribution is 0.197. The predicted octanol–water partition coefficient (Wildman–Crippen LogP) is 2.92. The number of nitrogens with zero attached hydrogens (tertiary/aromatic N) is 1. The third kappa shape index (κ3) is 5.91. The van der Waals surface area contributed by atoms with Crippen LogP contribution in [-0.4, -0.2) is 31.8 Å². The molecule has 0 fully saturated rings. The second-order valence-electron chi connectivity index (χ2n) is 5.07. The van der Waals surface area contributed by atoms with E-state index in [2.05, 4.69) is 10.3 Å². The molecule has 1 N–H and O–H groups in total. The maximum absolute atomic E-state index is 13.0. The fourth-order valence-corrected chi connectivity index (χ4v) is 2.99. The van der Waals surface area contributed by atoms with Crippen LogP contribution >= 0.6 is 11.3 Å². The Kier molecular flexibility index (Phi) is 6.79. The zero-order valence-electron chi connectivity index (χ0n) is 12.2. The highest BCUT2D eigenvalue weighted by Crippen LogP contribution is 2.17. The van der Waals surface area contributed by atoms with E-state index in [1.807, 2.05) is 23.8 Å². The van der Waals surface area contributed by atoms with Gasteiger partial charge >= 0.3 is 0 Å². The largest absolute Gasteiger partial charge is 0.383 e. The van der Waals surface area contributed by atoms with Gasteiger partial charge in [-0.1, -0.05) is 12.1 Å². The molecule has 1 atom stereocenters. The average Bonchev–Trinajstić information content (AvgIpc) is 2.99. The number of hydrogen-bond acceptors (Lipinski definition) is 4. The lowest BCUT2D eigenvalue weighted by atomic mass is 9.95. The van der Waals surface area contributed by atoms with Gasteiger partial charge in [-0.2, -0.15) is 0 Å². The molecule has 1 aromatic heterocycles. The average molecular weight is 308 g/mol. The number of thiazole rings is 1. The van der Waals surface area contributed by atoms with Crippen molar-refractivity contribution >= 4 is 11.3 Å². The first-order chi connectivity index (χ1) is 10.3. The molecule has 5 heteroatoms. The van der Waals surface area contributed by atoms with Gasteiger partial charge in [-0.25, -0.2) is 4.39 Å². The van der Waals surface area contributed by atoms with E-state index in [1.165, 1.54) is 22.6 Å². The Hall–Kier alpha value is -1.30. The summed E-state index contributed by atoms with van der Waals surface area (Å²) < 4.78 is 18.0. The maximum atomic E-state index is 13.0. The van der Waals surface area contributed by atoms with E-state index in [4.69, 9.17) is 4.74 Å². The Labute approximate surface area is 129 Å². The molecule has 1 aromatic carbocycles. The molecule has 3 nitrogen and oxygen atoms in total. The number of benzene rings is 1. The Morgan fingerprint density at radius 3 is 2.76 bits per heavy atom. The van der Waals surface area contributed by atoms with E-state index < -0.39 is 0 Å². The molecule has 1 unspecified atom stereocenters. The topological polar surface area (TPSA) is 34.1 Å². The van der Waals surface area contributed by atoms with E-state index in [9.17, 15) is 4.39 Å². The molecule has 0 bridgehead atoms. The number of halogens is 1. The fraction of sp³-hybridized carbons (Fsp3) is 0.438. The van der Waals surface area contributed by atoms with Crippen LogP contribution in [0.4, 0.5) is 4.39 Å². The highest BCUT2D eigenvalue weighted by Gasteiger charge is 2.12. The minimum Gasteiger partial charge on any atom is -0.383 e.